The number of benzene rings is 1. The molecule has 2 heterocycles. The summed E-state index contributed by atoms with van der Waals surface area (Å²) in [6.07, 6.45) is -2.20. The second kappa shape index (κ2) is 5.92. The molecule has 22 heavy (non-hydrogen) atoms. The van der Waals surface area contributed by atoms with Crippen LogP contribution in [0.1, 0.15) is 24.3 Å². The van der Waals surface area contributed by atoms with Crippen LogP contribution in [0.25, 0.3) is 0 Å². The largest absolute Gasteiger partial charge is 0.586 e. The van der Waals surface area contributed by atoms with Gasteiger partial charge < -0.3 is 19.5 Å². The van der Waals surface area contributed by atoms with E-state index in [2.05, 4.69) is 19.5 Å². The van der Waals surface area contributed by atoms with Gasteiger partial charge in [-0.1, -0.05) is 6.07 Å². The standard InChI is InChI=1S/C14H15F4NO3/c15-13(16)20-7-10-3-1-9(6-19-10)8-2-4-11-12(5-8)22-14(17,18)21-11/h2,4-5,9-10,13,19H,1,3,6-7H2. The molecule has 2 aliphatic heterocycles. The first kappa shape index (κ1) is 15.4. The number of nitrogens with one attached hydrogen (secondary N) is 1. The molecule has 0 radical (unpaired) electrons. The van der Waals surface area contributed by atoms with Crippen molar-refractivity contribution in [3.05, 3.63) is 23.8 Å². The zero-order valence-corrected chi connectivity index (χ0v) is 11.5. The van der Waals surface area contributed by atoms with Gasteiger partial charge in [0.05, 0.1) is 6.61 Å². The quantitative estimate of drug-likeness (QED) is 0.865. The van der Waals surface area contributed by atoms with Crippen molar-refractivity contribution in [1.82, 2.24) is 5.32 Å². The van der Waals surface area contributed by atoms with Crippen molar-refractivity contribution in [2.45, 2.75) is 37.7 Å². The van der Waals surface area contributed by atoms with E-state index in [-0.39, 0.29) is 30.1 Å². The lowest BCUT2D eigenvalue weighted by atomic mass is 9.89. The minimum atomic E-state index is -3.62. The van der Waals surface area contributed by atoms with Gasteiger partial charge in [-0.3, -0.25) is 0 Å². The van der Waals surface area contributed by atoms with Crippen LogP contribution in [0.4, 0.5) is 17.6 Å². The molecule has 1 fully saturated rings. The third kappa shape index (κ3) is 3.44. The van der Waals surface area contributed by atoms with Gasteiger partial charge in [-0.25, -0.2) is 0 Å². The summed E-state index contributed by atoms with van der Waals surface area (Å²) < 4.78 is 63.0. The van der Waals surface area contributed by atoms with Gasteiger partial charge in [-0.15, -0.1) is 8.78 Å². The molecule has 1 N–H and O–H groups in total. The Hall–Kier alpha value is -1.54. The normalized spacial score (nSPS) is 26.4. The van der Waals surface area contributed by atoms with Crippen LogP contribution in [0.2, 0.25) is 0 Å². The molecule has 0 aromatic heterocycles. The van der Waals surface area contributed by atoms with Crippen LogP contribution >= 0.6 is 0 Å². The fourth-order valence-electron chi connectivity index (χ4n) is 2.75. The summed E-state index contributed by atoms with van der Waals surface area (Å²) in [4.78, 5) is 0. The van der Waals surface area contributed by atoms with E-state index >= 15 is 0 Å². The molecule has 1 aromatic carbocycles. The Balaban J connectivity index is 1.58. The Bertz CT molecular complexity index is 533. The van der Waals surface area contributed by atoms with Crippen LogP contribution in [-0.2, 0) is 4.74 Å². The number of hydrogen-bond acceptors (Lipinski definition) is 4. The van der Waals surface area contributed by atoms with Gasteiger partial charge in [0.2, 0.25) is 0 Å². The van der Waals surface area contributed by atoms with Gasteiger partial charge >= 0.3 is 12.9 Å². The molecule has 3 rings (SSSR count). The van der Waals surface area contributed by atoms with E-state index in [1.807, 2.05) is 0 Å². The maximum Gasteiger partial charge on any atom is 0.586 e. The monoisotopic (exact) mass is 321 g/mol. The number of fused-ring (bicyclic) bond motifs is 1. The van der Waals surface area contributed by atoms with Crippen LogP contribution in [0.3, 0.4) is 0 Å². The summed E-state index contributed by atoms with van der Waals surface area (Å²) in [5, 5.41) is 3.13. The molecular formula is C14H15F4NO3. The van der Waals surface area contributed by atoms with Crippen LogP contribution in [-0.4, -0.2) is 32.1 Å². The minimum Gasteiger partial charge on any atom is -0.395 e. The highest BCUT2D eigenvalue weighted by Crippen LogP contribution is 2.42. The predicted octanol–water partition coefficient (Wildman–Crippen LogP) is 3.08. The summed E-state index contributed by atoms with van der Waals surface area (Å²) in [7, 11) is 0. The number of ether oxygens (including phenoxy) is 3. The van der Waals surface area contributed by atoms with E-state index < -0.39 is 12.9 Å². The highest BCUT2D eigenvalue weighted by Gasteiger charge is 2.43. The maximum absolute atomic E-state index is 13.0. The van der Waals surface area contributed by atoms with Gasteiger partial charge in [0.25, 0.3) is 0 Å². The van der Waals surface area contributed by atoms with Crippen molar-refractivity contribution in [3.63, 3.8) is 0 Å². The fourth-order valence-corrected chi connectivity index (χ4v) is 2.75. The highest BCUT2D eigenvalue weighted by molar-refractivity contribution is 5.46. The van der Waals surface area contributed by atoms with Crippen LogP contribution in [0.5, 0.6) is 11.5 Å². The van der Waals surface area contributed by atoms with Crippen molar-refractivity contribution in [3.8, 4) is 11.5 Å². The molecule has 0 bridgehead atoms. The Morgan fingerprint density at radius 2 is 2.00 bits per heavy atom. The SMILES string of the molecule is FC(F)OCC1CCC(c2ccc3c(c2)OC(F)(F)O3)CN1. The Labute approximate surface area is 124 Å². The van der Waals surface area contributed by atoms with E-state index in [1.54, 1.807) is 12.1 Å². The van der Waals surface area contributed by atoms with Crippen molar-refractivity contribution in [2.24, 2.45) is 0 Å². The molecule has 0 amide bonds. The molecule has 0 aliphatic carbocycles. The maximum atomic E-state index is 13.0. The third-order valence-electron chi connectivity index (χ3n) is 3.84. The summed E-state index contributed by atoms with van der Waals surface area (Å²) in [5.74, 6) is 0.136. The van der Waals surface area contributed by atoms with Crippen molar-refractivity contribution >= 4 is 0 Å². The van der Waals surface area contributed by atoms with E-state index in [1.165, 1.54) is 6.07 Å². The van der Waals surface area contributed by atoms with Crippen molar-refractivity contribution in [2.75, 3.05) is 13.2 Å². The smallest absolute Gasteiger partial charge is 0.395 e. The molecule has 0 spiro atoms. The zero-order valence-electron chi connectivity index (χ0n) is 11.5. The lowest BCUT2D eigenvalue weighted by Gasteiger charge is -2.30. The van der Waals surface area contributed by atoms with E-state index in [0.29, 0.717) is 13.0 Å². The van der Waals surface area contributed by atoms with Crippen LogP contribution in [0, 0.1) is 0 Å². The fraction of sp³-hybridized carbons (Fsp3) is 0.571. The lowest BCUT2D eigenvalue weighted by Crippen LogP contribution is -2.41. The molecule has 1 saturated heterocycles. The number of rotatable bonds is 4. The van der Waals surface area contributed by atoms with Crippen LogP contribution in [0.15, 0.2) is 18.2 Å². The highest BCUT2D eigenvalue weighted by atomic mass is 19.3. The molecule has 2 atom stereocenters. The lowest BCUT2D eigenvalue weighted by molar-refractivity contribution is -0.286. The van der Waals surface area contributed by atoms with Gasteiger partial charge in [0, 0.05) is 12.6 Å². The second-order valence-electron chi connectivity index (χ2n) is 5.35. The van der Waals surface area contributed by atoms with Crippen LogP contribution < -0.4 is 14.8 Å². The molecule has 8 heteroatoms. The average Bonchev–Trinajstić information content (AvgIpc) is 2.78. The summed E-state index contributed by atoms with van der Waals surface area (Å²) in [6.45, 7) is -2.25. The molecule has 2 aliphatic rings. The number of halogens is 4. The summed E-state index contributed by atoms with van der Waals surface area (Å²) in [5.41, 5.74) is 0.848. The van der Waals surface area contributed by atoms with E-state index in [9.17, 15) is 17.6 Å². The van der Waals surface area contributed by atoms with Gasteiger partial charge in [-0.05, 0) is 36.5 Å². The summed E-state index contributed by atoms with van der Waals surface area (Å²) >= 11 is 0. The molecule has 2 unspecified atom stereocenters. The third-order valence-corrected chi connectivity index (χ3v) is 3.84. The number of piperidine rings is 1. The van der Waals surface area contributed by atoms with Gasteiger partial charge in [0.1, 0.15) is 0 Å². The number of alkyl halides is 4. The molecule has 122 valence electrons. The predicted molar refractivity (Wildman–Crippen MR) is 68.4 cm³/mol. The first-order valence-corrected chi connectivity index (χ1v) is 6.96. The molecule has 1 aromatic rings. The van der Waals surface area contributed by atoms with E-state index in [0.717, 1.165) is 12.0 Å². The summed E-state index contributed by atoms with van der Waals surface area (Å²) in [6, 6.07) is 4.59. The zero-order chi connectivity index (χ0) is 15.7. The average molecular weight is 321 g/mol. The van der Waals surface area contributed by atoms with Crippen molar-refractivity contribution in [1.29, 1.82) is 0 Å². The Morgan fingerprint density at radius 3 is 2.68 bits per heavy atom. The molecular weight excluding hydrogens is 306 g/mol. The second-order valence-corrected chi connectivity index (χ2v) is 5.35. The first-order valence-electron chi connectivity index (χ1n) is 6.96. The van der Waals surface area contributed by atoms with E-state index in [4.69, 9.17) is 0 Å². The van der Waals surface area contributed by atoms with Gasteiger partial charge in [0.15, 0.2) is 11.5 Å². The number of hydrogen-bond donors (Lipinski definition) is 1. The molecule has 4 nitrogen and oxygen atoms in total. The molecule has 0 saturated carbocycles. The van der Waals surface area contributed by atoms with Crippen molar-refractivity contribution < 1.29 is 31.8 Å². The Morgan fingerprint density at radius 1 is 1.23 bits per heavy atom. The Kier molecular flexibility index (Phi) is 4.14. The first-order chi connectivity index (χ1) is 10.4. The van der Waals surface area contributed by atoms with Gasteiger partial charge in [-0.2, -0.15) is 8.78 Å². The minimum absolute atomic E-state index is 0.0146. The topological polar surface area (TPSA) is 39.7 Å².